The zero-order valence-electron chi connectivity index (χ0n) is 14.6. The lowest BCUT2D eigenvalue weighted by Gasteiger charge is -2.41. The molecular weight excluding hydrogens is 259 g/mol. The molecule has 0 nitrogen and oxygen atoms in total. The summed E-state index contributed by atoms with van der Waals surface area (Å²) >= 11 is 0. The largest absolute Gasteiger partial charge is 0.207 e. The molecule has 0 N–H and O–H groups in total. The van der Waals surface area contributed by atoms with Crippen LogP contribution in [0.2, 0.25) is 0 Å². The molecule has 0 atom stereocenters. The van der Waals surface area contributed by atoms with Crippen LogP contribution in [0.25, 0.3) is 5.57 Å². The fraction of sp³-hybridized carbons (Fsp3) is 0.500. The molecule has 116 valence electrons. The molecule has 1 rings (SSSR count). The summed E-state index contributed by atoms with van der Waals surface area (Å²) in [5.74, 6) is -0.141. The van der Waals surface area contributed by atoms with Crippen LogP contribution in [0, 0.1) is 11.2 Å². The van der Waals surface area contributed by atoms with E-state index in [1.165, 1.54) is 0 Å². The highest BCUT2D eigenvalue weighted by atomic mass is 19.1. The molecule has 0 unspecified atom stereocenters. The molecular formula is C20H29F. The summed E-state index contributed by atoms with van der Waals surface area (Å²) in [7, 11) is 0. The van der Waals surface area contributed by atoms with Crippen LogP contribution in [0.1, 0.15) is 66.0 Å². The van der Waals surface area contributed by atoms with Gasteiger partial charge in [-0.1, -0.05) is 66.3 Å². The highest BCUT2D eigenvalue weighted by Gasteiger charge is 2.38. The summed E-state index contributed by atoms with van der Waals surface area (Å²) in [5.41, 5.74) is 3.40. The lowest BCUT2D eigenvalue weighted by molar-refractivity contribution is 0.218. The van der Waals surface area contributed by atoms with Crippen molar-refractivity contribution in [3.05, 3.63) is 53.4 Å². The van der Waals surface area contributed by atoms with Crippen LogP contribution >= 0.6 is 0 Å². The number of benzene rings is 1. The maximum atomic E-state index is 14.6. The summed E-state index contributed by atoms with van der Waals surface area (Å²) in [6, 6.07) is 5.32. The van der Waals surface area contributed by atoms with E-state index in [4.69, 9.17) is 0 Å². The normalized spacial score (nSPS) is 13.4. The fourth-order valence-corrected chi connectivity index (χ4v) is 2.43. The Labute approximate surface area is 129 Å². The first-order chi connectivity index (χ1) is 9.54. The van der Waals surface area contributed by atoms with Gasteiger partial charge in [0.25, 0.3) is 0 Å². The molecule has 0 aromatic heterocycles. The van der Waals surface area contributed by atoms with Gasteiger partial charge in [-0.05, 0) is 47.0 Å². The van der Waals surface area contributed by atoms with Gasteiger partial charge >= 0.3 is 0 Å². The van der Waals surface area contributed by atoms with Crippen LogP contribution in [-0.2, 0) is 5.41 Å². The lowest BCUT2D eigenvalue weighted by Crippen LogP contribution is -2.35. The van der Waals surface area contributed by atoms with Gasteiger partial charge in [0, 0.05) is 5.56 Å². The van der Waals surface area contributed by atoms with E-state index >= 15 is 0 Å². The molecule has 0 fully saturated rings. The molecule has 0 heterocycles. The van der Waals surface area contributed by atoms with Gasteiger partial charge in [0.15, 0.2) is 0 Å². The monoisotopic (exact) mass is 288 g/mol. The van der Waals surface area contributed by atoms with Gasteiger partial charge in [0.05, 0.1) is 0 Å². The number of halogens is 1. The molecule has 0 aliphatic carbocycles. The average molecular weight is 288 g/mol. The third-order valence-corrected chi connectivity index (χ3v) is 4.83. The molecule has 0 saturated carbocycles. The molecule has 21 heavy (non-hydrogen) atoms. The second kappa shape index (κ2) is 6.17. The summed E-state index contributed by atoms with van der Waals surface area (Å²) in [4.78, 5) is 0. The van der Waals surface area contributed by atoms with Gasteiger partial charge in [0.1, 0.15) is 5.82 Å². The van der Waals surface area contributed by atoms with Gasteiger partial charge in [-0.2, -0.15) is 0 Å². The topological polar surface area (TPSA) is 0 Å². The van der Waals surface area contributed by atoms with Crippen LogP contribution < -0.4 is 0 Å². The van der Waals surface area contributed by atoms with Crippen molar-refractivity contribution in [1.29, 1.82) is 0 Å². The predicted molar refractivity (Wildman–Crippen MR) is 92.0 cm³/mol. The zero-order chi connectivity index (χ0) is 16.4. The lowest BCUT2D eigenvalue weighted by atomic mass is 9.63. The Morgan fingerprint density at radius 2 is 1.76 bits per heavy atom. The molecule has 0 saturated heterocycles. The van der Waals surface area contributed by atoms with Gasteiger partial charge in [-0.3, -0.25) is 0 Å². The number of allylic oxidation sites excluding steroid dienone is 3. The van der Waals surface area contributed by atoms with E-state index in [9.17, 15) is 4.39 Å². The maximum absolute atomic E-state index is 14.6. The summed E-state index contributed by atoms with van der Waals surface area (Å²) in [5, 5.41) is 0. The first-order valence-electron chi connectivity index (χ1n) is 7.69. The smallest absolute Gasteiger partial charge is 0.127 e. The van der Waals surface area contributed by atoms with Crippen LogP contribution in [0.4, 0.5) is 4.39 Å². The molecule has 0 radical (unpaired) electrons. The fourth-order valence-electron chi connectivity index (χ4n) is 2.43. The summed E-state index contributed by atoms with van der Waals surface area (Å²) in [6.45, 7) is 19.0. The van der Waals surface area contributed by atoms with E-state index in [1.807, 2.05) is 13.0 Å². The molecule has 0 spiro atoms. The average Bonchev–Trinajstić information content (AvgIpc) is 2.36. The highest BCUT2D eigenvalue weighted by Crippen LogP contribution is 2.45. The van der Waals surface area contributed by atoms with Crippen molar-refractivity contribution in [2.75, 3.05) is 0 Å². The predicted octanol–water partition coefficient (Wildman–Crippen LogP) is 6.52. The van der Waals surface area contributed by atoms with E-state index < -0.39 is 0 Å². The van der Waals surface area contributed by atoms with Gasteiger partial charge < -0.3 is 0 Å². The molecule has 1 heteroatoms. The minimum Gasteiger partial charge on any atom is -0.207 e. The van der Waals surface area contributed by atoms with E-state index in [0.29, 0.717) is 0 Å². The maximum Gasteiger partial charge on any atom is 0.127 e. The van der Waals surface area contributed by atoms with Crippen LogP contribution in [0.15, 0.2) is 36.4 Å². The summed E-state index contributed by atoms with van der Waals surface area (Å²) < 4.78 is 14.6. The first-order valence-corrected chi connectivity index (χ1v) is 7.69. The molecule has 0 aliphatic heterocycles. The third kappa shape index (κ3) is 3.45. The first kappa shape index (κ1) is 17.7. The van der Waals surface area contributed by atoms with Crippen molar-refractivity contribution in [2.24, 2.45) is 5.41 Å². The zero-order valence-corrected chi connectivity index (χ0v) is 14.6. The Morgan fingerprint density at radius 3 is 2.24 bits per heavy atom. The van der Waals surface area contributed by atoms with Crippen molar-refractivity contribution in [2.45, 2.75) is 60.3 Å². The quantitative estimate of drug-likeness (QED) is 0.553. The van der Waals surface area contributed by atoms with Crippen LogP contribution in [-0.4, -0.2) is 0 Å². The van der Waals surface area contributed by atoms with E-state index in [0.717, 1.165) is 28.7 Å². The van der Waals surface area contributed by atoms with Crippen molar-refractivity contribution in [1.82, 2.24) is 0 Å². The van der Waals surface area contributed by atoms with Crippen molar-refractivity contribution >= 4 is 5.57 Å². The minimum absolute atomic E-state index is 0.0490. The van der Waals surface area contributed by atoms with Gasteiger partial charge in [0.2, 0.25) is 0 Å². The van der Waals surface area contributed by atoms with Gasteiger partial charge in [-0.15, -0.1) is 0 Å². The van der Waals surface area contributed by atoms with Crippen LogP contribution in [0.5, 0.6) is 0 Å². The highest BCUT2D eigenvalue weighted by molar-refractivity contribution is 5.79. The number of hydrogen-bond acceptors (Lipinski definition) is 0. The molecule has 0 bridgehead atoms. The Balaban J connectivity index is 3.55. The van der Waals surface area contributed by atoms with E-state index in [-0.39, 0.29) is 16.6 Å². The Kier molecular flexibility index (Phi) is 5.20. The second-order valence-corrected chi connectivity index (χ2v) is 7.31. The van der Waals surface area contributed by atoms with Crippen LogP contribution in [0.3, 0.4) is 0 Å². The standard InChI is InChI=1S/C20H29F/c1-9-11-14(2)15(3)16-12-10-13-17(21)18(16)20(7,8)19(4,5)6/h10-13H,3,9H2,1-2,4-8H3/b14-11+. The second-order valence-electron chi connectivity index (χ2n) is 7.31. The molecule has 0 amide bonds. The SMILES string of the molecule is C=C(/C(C)=C/CC)c1cccc(F)c1C(C)(C)C(C)(C)C. The van der Waals surface area contributed by atoms with Crippen molar-refractivity contribution < 1.29 is 4.39 Å². The molecule has 1 aromatic rings. The molecule has 1 aromatic carbocycles. The number of hydrogen-bond donors (Lipinski definition) is 0. The Morgan fingerprint density at radius 1 is 1.19 bits per heavy atom. The third-order valence-electron chi connectivity index (χ3n) is 4.83. The van der Waals surface area contributed by atoms with Crippen molar-refractivity contribution in [3.63, 3.8) is 0 Å². The van der Waals surface area contributed by atoms with Crippen molar-refractivity contribution in [3.8, 4) is 0 Å². The Bertz CT molecular complexity index is 554. The van der Waals surface area contributed by atoms with Gasteiger partial charge in [-0.25, -0.2) is 4.39 Å². The molecule has 0 aliphatic rings. The van der Waals surface area contributed by atoms with E-state index in [2.05, 4.69) is 54.2 Å². The number of rotatable bonds is 4. The summed E-state index contributed by atoms with van der Waals surface area (Å²) in [6.07, 6.45) is 3.10. The van der Waals surface area contributed by atoms with E-state index in [1.54, 1.807) is 12.1 Å². The Hall–Kier alpha value is -1.37. The minimum atomic E-state index is -0.289.